The highest BCUT2D eigenvalue weighted by Gasteiger charge is 2.07. The SMILES string of the molecule is COc1ccc(NCCC(=O)Nc2ccc(C)cc2C)c(OC)c1. The summed E-state index contributed by atoms with van der Waals surface area (Å²) in [6, 6.07) is 11.5. The van der Waals surface area contributed by atoms with Crippen LogP contribution in [0.15, 0.2) is 36.4 Å². The Labute approximate surface area is 143 Å². The van der Waals surface area contributed by atoms with Crippen LogP contribution >= 0.6 is 0 Å². The smallest absolute Gasteiger partial charge is 0.226 e. The Morgan fingerprint density at radius 2 is 1.75 bits per heavy atom. The molecular formula is C19H24N2O3. The number of carbonyl (C=O) groups excluding carboxylic acids is 1. The molecule has 0 spiro atoms. The van der Waals surface area contributed by atoms with Crippen molar-refractivity contribution in [3.63, 3.8) is 0 Å². The predicted molar refractivity (Wildman–Crippen MR) is 97.2 cm³/mol. The molecule has 0 saturated heterocycles. The molecule has 0 aromatic heterocycles. The molecule has 2 rings (SSSR count). The van der Waals surface area contributed by atoms with Crippen molar-refractivity contribution in [1.82, 2.24) is 0 Å². The van der Waals surface area contributed by atoms with Gasteiger partial charge in [-0.2, -0.15) is 0 Å². The number of aryl methyl sites for hydroxylation is 2. The van der Waals surface area contributed by atoms with E-state index in [-0.39, 0.29) is 5.91 Å². The molecule has 2 N–H and O–H groups in total. The fourth-order valence-electron chi connectivity index (χ4n) is 2.42. The van der Waals surface area contributed by atoms with E-state index in [0.717, 1.165) is 22.7 Å². The van der Waals surface area contributed by atoms with Gasteiger partial charge in [0.1, 0.15) is 11.5 Å². The van der Waals surface area contributed by atoms with Crippen LogP contribution in [0.5, 0.6) is 11.5 Å². The first kappa shape index (κ1) is 17.7. The van der Waals surface area contributed by atoms with E-state index in [4.69, 9.17) is 9.47 Å². The third-order valence-corrected chi connectivity index (χ3v) is 3.73. The molecule has 2 aromatic carbocycles. The molecule has 24 heavy (non-hydrogen) atoms. The zero-order valence-electron chi connectivity index (χ0n) is 14.6. The Balaban J connectivity index is 1.88. The van der Waals surface area contributed by atoms with Crippen LogP contribution in [0.1, 0.15) is 17.5 Å². The molecule has 0 saturated carbocycles. The highest BCUT2D eigenvalue weighted by atomic mass is 16.5. The number of hydrogen-bond acceptors (Lipinski definition) is 4. The molecule has 5 nitrogen and oxygen atoms in total. The van der Waals surface area contributed by atoms with Crippen LogP contribution in [-0.2, 0) is 4.79 Å². The lowest BCUT2D eigenvalue weighted by atomic mass is 10.1. The minimum atomic E-state index is -0.0260. The van der Waals surface area contributed by atoms with E-state index in [1.54, 1.807) is 20.3 Å². The van der Waals surface area contributed by atoms with E-state index in [2.05, 4.69) is 16.7 Å². The van der Waals surface area contributed by atoms with Gasteiger partial charge >= 0.3 is 0 Å². The highest BCUT2D eigenvalue weighted by molar-refractivity contribution is 5.91. The van der Waals surface area contributed by atoms with Gasteiger partial charge in [-0.25, -0.2) is 0 Å². The Kier molecular flexibility index (Phi) is 6.07. The molecular weight excluding hydrogens is 304 g/mol. The Bertz CT molecular complexity index is 714. The second-order valence-corrected chi connectivity index (χ2v) is 5.61. The largest absolute Gasteiger partial charge is 0.497 e. The molecule has 0 atom stereocenters. The average Bonchev–Trinajstić information content (AvgIpc) is 2.57. The molecule has 0 heterocycles. The summed E-state index contributed by atoms with van der Waals surface area (Å²) in [6.07, 6.45) is 0.364. The molecule has 0 unspecified atom stereocenters. The van der Waals surface area contributed by atoms with Crippen LogP contribution in [-0.4, -0.2) is 26.7 Å². The van der Waals surface area contributed by atoms with Crippen molar-refractivity contribution in [3.05, 3.63) is 47.5 Å². The van der Waals surface area contributed by atoms with Crippen molar-refractivity contribution in [2.45, 2.75) is 20.3 Å². The van der Waals surface area contributed by atoms with Crippen LogP contribution in [0.25, 0.3) is 0 Å². The van der Waals surface area contributed by atoms with Gasteiger partial charge in [0.2, 0.25) is 5.91 Å². The number of hydrogen-bond donors (Lipinski definition) is 2. The minimum Gasteiger partial charge on any atom is -0.497 e. The lowest BCUT2D eigenvalue weighted by Crippen LogP contribution is -2.17. The second-order valence-electron chi connectivity index (χ2n) is 5.61. The van der Waals surface area contributed by atoms with Crippen LogP contribution in [0.4, 0.5) is 11.4 Å². The number of benzene rings is 2. The summed E-state index contributed by atoms with van der Waals surface area (Å²) >= 11 is 0. The van der Waals surface area contributed by atoms with Crippen LogP contribution in [0, 0.1) is 13.8 Å². The normalized spacial score (nSPS) is 10.2. The summed E-state index contributed by atoms with van der Waals surface area (Å²) in [7, 11) is 3.21. The number of anilines is 2. The Morgan fingerprint density at radius 3 is 2.42 bits per heavy atom. The summed E-state index contributed by atoms with van der Waals surface area (Å²) in [6.45, 7) is 4.53. The zero-order valence-corrected chi connectivity index (χ0v) is 14.6. The molecule has 5 heteroatoms. The summed E-state index contributed by atoms with van der Waals surface area (Å²) in [5, 5.41) is 6.15. The van der Waals surface area contributed by atoms with Crippen molar-refractivity contribution >= 4 is 17.3 Å². The van der Waals surface area contributed by atoms with Gasteiger partial charge in [0.05, 0.1) is 19.9 Å². The fraction of sp³-hybridized carbons (Fsp3) is 0.316. The van der Waals surface area contributed by atoms with Crippen LogP contribution in [0.2, 0.25) is 0 Å². The van der Waals surface area contributed by atoms with Gasteiger partial charge in [-0.15, -0.1) is 0 Å². The molecule has 0 bridgehead atoms. The third kappa shape index (κ3) is 4.65. The summed E-state index contributed by atoms with van der Waals surface area (Å²) in [4.78, 5) is 12.1. The van der Waals surface area contributed by atoms with Gasteiger partial charge in [0.25, 0.3) is 0 Å². The first-order chi connectivity index (χ1) is 11.5. The van der Waals surface area contributed by atoms with Crippen molar-refractivity contribution in [2.24, 2.45) is 0 Å². The van der Waals surface area contributed by atoms with Crippen molar-refractivity contribution in [3.8, 4) is 11.5 Å². The first-order valence-corrected chi connectivity index (χ1v) is 7.86. The van der Waals surface area contributed by atoms with Crippen LogP contribution < -0.4 is 20.1 Å². The maximum absolute atomic E-state index is 12.1. The molecule has 1 amide bonds. The van der Waals surface area contributed by atoms with Gasteiger partial charge in [-0.3, -0.25) is 4.79 Å². The predicted octanol–water partition coefficient (Wildman–Crippen LogP) is 3.76. The van der Waals surface area contributed by atoms with E-state index in [1.807, 2.05) is 38.1 Å². The van der Waals surface area contributed by atoms with E-state index >= 15 is 0 Å². The quantitative estimate of drug-likeness (QED) is 0.812. The van der Waals surface area contributed by atoms with Gasteiger partial charge in [0.15, 0.2) is 0 Å². The first-order valence-electron chi connectivity index (χ1n) is 7.86. The highest BCUT2D eigenvalue weighted by Crippen LogP contribution is 2.28. The minimum absolute atomic E-state index is 0.0260. The second kappa shape index (κ2) is 8.24. The van der Waals surface area contributed by atoms with Gasteiger partial charge in [0, 0.05) is 24.7 Å². The van der Waals surface area contributed by atoms with Gasteiger partial charge in [-0.1, -0.05) is 17.7 Å². The lowest BCUT2D eigenvalue weighted by Gasteiger charge is -2.13. The monoisotopic (exact) mass is 328 g/mol. The maximum atomic E-state index is 12.1. The Hall–Kier alpha value is -2.69. The van der Waals surface area contributed by atoms with E-state index in [1.165, 1.54) is 5.56 Å². The molecule has 128 valence electrons. The molecule has 0 fully saturated rings. The van der Waals surface area contributed by atoms with Crippen molar-refractivity contribution in [1.29, 1.82) is 0 Å². The van der Waals surface area contributed by atoms with E-state index in [9.17, 15) is 4.79 Å². The average molecular weight is 328 g/mol. The standard InChI is InChI=1S/C19H24N2O3/c1-13-5-7-16(14(2)11-13)21-19(22)9-10-20-17-8-6-15(23-3)12-18(17)24-4/h5-8,11-12,20H,9-10H2,1-4H3,(H,21,22). The van der Waals surface area contributed by atoms with Gasteiger partial charge < -0.3 is 20.1 Å². The Morgan fingerprint density at radius 1 is 1.00 bits per heavy atom. The molecule has 0 aliphatic heterocycles. The molecule has 2 aromatic rings. The molecule has 0 aliphatic rings. The van der Waals surface area contributed by atoms with E-state index in [0.29, 0.717) is 18.7 Å². The summed E-state index contributed by atoms with van der Waals surface area (Å²) in [5.74, 6) is 1.39. The number of rotatable bonds is 7. The summed E-state index contributed by atoms with van der Waals surface area (Å²) in [5.41, 5.74) is 3.93. The lowest BCUT2D eigenvalue weighted by molar-refractivity contribution is -0.115. The van der Waals surface area contributed by atoms with Gasteiger partial charge in [-0.05, 0) is 37.6 Å². The van der Waals surface area contributed by atoms with Crippen LogP contribution in [0.3, 0.4) is 0 Å². The number of carbonyl (C=O) groups is 1. The number of ether oxygens (including phenoxy) is 2. The summed E-state index contributed by atoms with van der Waals surface area (Å²) < 4.78 is 10.5. The zero-order chi connectivity index (χ0) is 17.5. The molecule has 0 radical (unpaired) electrons. The topological polar surface area (TPSA) is 59.6 Å². The maximum Gasteiger partial charge on any atom is 0.226 e. The molecule has 0 aliphatic carbocycles. The van der Waals surface area contributed by atoms with E-state index < -0.39 is 0 Å². The third-order valence-electron chi connectivity index (χ3n) is 3.73. The number of methoxy groups -OCH3 is 2. The van der Waals surface area contributed by atoms with Crippen molar-refractivity contribution < 1.29 is 14.3 Å². The number of amides is 1. The fourth-order valence-corrected chi connectivity index (χ4v) is 2.42. The van der Waals surface area contributed by atoms with Crippen molar-refractivity contribution in [2.75, 3.05) is 31.4 Å². The number of nitrogens with one attached hydrogen (secondary N) is 2.